The van der Waals surface area contributed by atoms with Crippen LogP contribution in [-0.2, 0) is 9.59 Å². The number of hydrogen-bond donors (Lipinski definition) is 2. The van der Waals surface area contributed by atoms with E-state index in [0.29, 0.717) is 24.4 Å². The topological polar surface area (TPSA) is 78.5 Å². The molecule has 124 valence electrons. The number of carbonyl (C=O) groups excluding carboxylic acids is 3. The van der Waals surface area contributed by atoms with Crippen LogP contribution in [0, 0.1) is 0 Å². The van der Waals surface area contributed by atoms with Crippen LogP contribution in [0.3, 0.4) is 0 Å². The van der Waals surface area contributed by atoms with Gasteiger partial charge in [-0.15, -0.1) is 11.6 Å². The van der Waals surface area contributed by atoms with E-state index >= 15 is 0 Å². The SMILES string of the molecule is CC1(CCCCl)NC(=O)N(CC(=O)Nc2ccc(Br)cc2)C1=O. The van der Waals surface area contributed by atoms with Crippen LogP contribution in [0.5, 0.6) is 0 Å². The zero-order valence-electron chi connectivity index (χ0n) is 12.6. The normalized spacial score (nSPS) is 20.6. The minimum atomic E-state index is -0.996. The molecule has 0 spiro atoms. The van der Waals surface area contributed by atoms with Crippen molar-refractivity contribution in [2.75, 3.05) is 17.7 Å². The number of imide groups is 1. The molecule has 8 heteroatoms. The molecule has 23 heavy (non-hydrogen) atoms. The lowest BCUT2D eigenvalue weighted by molar-refractivity contribution is -0.133. The first-order chi connectivity index (χ1) is 10.9. The van der Waals surface area contributed by atoms with Crippen molar-refractivity contribution in [1.29, 1.82) is 0 Å². The maximum atomic E-state index is 12.4. The number of carbonyl (C=O) groups is 3. The monoisotopic (exact) mass is 401 g/mol. The number of amides is 4. The Balaban J connectivity index is 1.99. The zero-order valence-corrected chi connectivity index (χ0v) is 14.9. The van der Waals surface area contributed by atoms with Gasteiger partial charge in [0.2, 0.25) is 5.91 Å². The van der Waals surface area contributed by atoms with Gasteiger partial charge in [0, 0.05) is 16.0 Å². The first kappa shape index (κ1) is 17.7. The Labute approximate surface area is 147 Å². The smallest absolute Gasteiger partial charge is 0.325 e. The molecule has 4 amide bonds. The van der Waals surface area contributed by atoms with E-state index in [1.807, 2.05) is 0 Å². The molecule has 0 aromatic heterocycles. The summed E-state index contributed by atoms with van der Waals surface area (Å²) >= 11 is 8.95. The number of alkyl halides is 1. The van der Waals surface area contributed by atoms with Crippen molar-refractivity contribution in [3.63, 3.8) is 0 Å². The average molecular weight is 403 g/mol. The zero-order chi connectivity index (χ0) is 17.0. The van der Waals surface area contributed by atoms with Gasteiger partial charge in [0.1, 0.15) is 12.1 Å². The highest BCUT2D eigenvalue weighted by Crippen LogP contribution is 2.23. The molecule has 1 saturated heterocycles. The molecule has 0 aliphatic carbocycles. The molecule has 0 bridgehead atoms. The quantitative estimate of drug-likeness (QED) is 0.567. The average Bonchev–Trinajstić information content (AvgIpc) is 2.71. The van der Waals surface area contributed by atoms with E-state index in [1.54, 1.807) is 31.2 Å². The molecule has 1 aromatic rings. The summed E-state index contributed by atoms with van der Waals surface area (Å²) in [6.07, 6.45) is 1.04. The van der Waals surface area contributed by atoms with Gasteiger partial charge in [-0.25, -0.2) is 4.79 Å². The molecule has 1 atom stereocenters. The summed E-state index contributed by atoms with van der Waals surface area (Å²) in [7, 11) is 0. The van der Waals surface area contributed by atoms with Crippen LogP contribution < -0.4 is 10.6 Å². The second-order valence-corrected chi connectivity index (χ2v) is 6.79. The summed E-state index contributed by atoms with van der Waals surface area (Å²) in [4.78, 5) is 37.3. The third kappa shape index (κ3) is 4.23. The van der Waals surface area contributed by atoms with Gasteiger partial charge in [-0.05, 0) is 44.0 Å². The number of urea groups is 1. The molecule has 1 aliphatic rings. The minimum Gasteiger partial charge on any atom is -0.325 e. The summed E-state index contributed by atoms with van der Waals surface area (Å²) < 4.78 is 0.889. The molecule has 1 heterocycles. The van der Waals surface area contributed by atoms with E-state index in [4.69, 9.17) is 11.6 Å². The molecule has 1 fully saturated rings. The predicted octanol–water partition coefficient (Wildman–Crippen LogP) is 2.72. The van der Waals surface area contributed by atoms with E-state index in [1.165, 1.54) is 0 Å². The van der Waals surface area contributed by atoms with Gasteiger partial charge in [-0.2, -0.15) is 0 Å². The summed E-state index contributed by atoms with van der Waals surface area (Å²) in [5.41, 5.74) is -0.403. The van der Waals surface area contributed by atoms with Crippen LogP contribution in [0.1, 0.15) is 19.8 Å². The van der Waals surface area contributed by atoms with E-state index in [-0.39, 0.29) is 6.54 Å². The lowest BCUT2D eigenvalue weighted by Crippen LogP contribution is -2.44. The van der Waals surface area contributed by atoms with Crippen LogP contribution in [0.15, 0.2) is 28.7 Å². The van der Waals surface area contributed by atoms with Gasteiger partial charge in [-0.1, -0.05) is 15.9 Å². The number of rotatable bonds is 6. The number of hydrogen-bond acceptors (Lipinski definition) is 3. The fourth-order valence-electron chi connectivity index (χ4n) is 2.36. The number of nitrogens with one attached hydrogen (secondary N) is 2. The van der Waals surface area contributed by atoms with Crippen LogP contribution in [0.25, 0.3) is 0 Å². The van der Waals surface area contributed by atoms with Crippen LogP contribution in [0.2, 0.25) is 0 Å². The summed E-state index contributed by atoms with van der Waals surface area (Å²) in [5, 5.41) is 5.29. The third-order valence-electron chi connectivity index (χ3n) is 3.59. The molecular formula is C15H17BrClN3O3. The fourth-order valence-corrected chi connectivity index (χ4v) is 2.76. The number of halogens is 2. The first-order valence-electron chi connectivity index (χ1n) is 7.11. The third-order valence-corrected chi connectivity index (χ3v) is 4.38. The van der Waals surface area contributed by atoms with Crippen LogP contribution in [0.4, 0.5) is 10.5 Å². The molecule has 1 unspecified atom stereocenters. The van der Waals surface area contributed by atoms with Crippen molar-refractivity contribution in [2.45, 2.75) is 25.3 Å². The standard InChI is InChI=1S/C15H17BrClN3O3/c1-15(7-2-8-17)13(22)20(14(23)19-15)9-12(21)18-11-5-3-10(16)4-6-11/h3-6H,2,7-9H2,1H3,(H,18,21)(H,19,23). The molecule has 2 N–H and O–H groups in total. The molecule has 6 nitrogen and oxygen atoms in total. The van der Waals surface area contributed by atoms with Gasteiger partial charge in [-0.3, -0.25) is 14.5 Å². The lowest BCUT2D eigenvalue weighted by Gasteiger charge is -2.20. The second-order valence-electron chi connectivity index (χ2n) is 5.50. The van der Waals surface area contributed by atoms with Gasteiger partial charge < -0.3 is 10.6 Å². The highest BCUT2D eigenvalue weighted by Gasteiger charge is 2.47. The Morgan fingerprint density at radius 2 is 2.00 bits per heavy atom. The van der Waals surface area contributed by atoms with Crippen LogP contribution >= 0.6 is 27.5 Å². The Kier molecular flexibility index (Phi) is 5.64. The maximum absolute atomic E-state index is 12.4. The van der Waals surface area contributed by atoms with Crippen molar-refractivity contribution in [3.8, 4) is 0 Å². The molecule has 1 aromatic carbocycles. The van der Waals surface area contributed by atoms with Gasteiger partial charge in [0.15, 0.2) is 0 Å². The summed E-state index contributed by atoms with van der Waals surface area (Å²) in [6.45, 7) is 1.32. The molecule has 0 radical (unpaired) electrons. The van der Waals surface area contributed by atoms with Crippen molar-refractivity contribution in [1.82, 2.24) is 10.2 Å². The van der Waals surface area contributed by atoms with Crippen molar-refractivity contribution >= 4 is 51.1 Å². The number of anilines is 1. The molecule has 1 aliphatic heterocycles. The highest BCUT2D eigenvalue weighted by molar-refractivity contribution is 9.10. The Hall–Kier alpha value is -1.60. The molecule has 2 rings (SSSR count). The van der Waals surface area contributed by atoms with Crippen molar-refractivity contribution in [2.24, 2.45) is 0 Å². The van der Waals surface area contributed by atoms with E-state index in [0.717, 1.165) is 9.37 Å². The number of nitrogens with zero attached hydrogens (tertiary/aromatic N) is 1. The van der Waals surface area contributed by atoms with Crippen molar-refractivity contribution < 1.29 is 14.4 Å². The van der Waals surface area contributed by atoms with E-state index in [2.05, 4.69) is 26.6 Å². The van der Waals surface area contributed by atoms with Gasteiger partial charge in [0.05, 0.1) is 0 Å². The number of benzene rings is 1. The second kappa shape index (κ2) is 7.31. The minimum absolute atomic E-state index is 0.322. The summed E-state index contributed by atoms with van der Waals surface area (Å²) in [6, 6.07) is 6.45. The maximum Gasteiger partial charge on any atom is 0.325 e. The lowest BCUT2D eigenvalue weighted by atomic mass is 9.96. The van der Waals surface area contributed by atoms with E-state index < -0.39 is 23.4 Å². The molecule has 0 saturated carbocycles. The van der Waals surface area contributed by atoms with Gasteiger partial charge >= 0.3 is 6.03 Å². The first-order valence-corrected chi connectivity index (χ1v) is 8.44. The highest BCUT2D eigenvalue weighted by atomic mass is 79.9. The Bertz CT molecular complexity index is 623. The molecular weight excluding hydrogens is 386 g/mol. The Morgan fingerprint density at radius 1 is 1.35 bits per heavy atom. The largest absolute Gasteiger partial charge is 0.325 e. The predicted molar refractivity (Wildman–Crippen MR) is 91.4 cm³/mol. The Morgan fingerprint density at radius 3 is 2.61 bits per heavy atom. The van der Waals surface area contributed by atoms with Crippen LogP contribution in [-0.4, -0.2) is 40.7 Å². The van der Waals surface area contributed by atoms with E-state index in [9.17, 15) is 14.4 Å². The summed E-state index contributed by atoms with van der Waals surface area (Å²) in [5.74, 6) is -0.431. The fraction of sp³-hybridized carbons (Fsp3) is 0.400. The van der Waals surface area contributed by atoms with Crippen molar-refractivity contribution in [3.05, 3.63) is 28.7 Å². The van der Waals surface area contributed by atoms with Gasteiger partial charge in [0.25, 0.3) is 5.91 Å².